The minimum Gasteiger partial charge on any atom is -0.385 e. The van der Waals surface area contributed by atoms with E-state index in [9.17, 15) is 19.5 Å². The molecule has 3 aliphatic heterocycles. The van der Waals surface area contributed by atoms with Crippen molar-refractivity contribution in [1.29, 1.82) is 0 Å². The van der Waals surface area contributed by atoms with E-state index in [1.807, 2.05) is 39.8 Å². The second-order valence-electron chi connectivity index (χ2n) is 15.3. The van der Waals surface area contributed by atoms with Crippen molar-refractivity contribution in [3.63, 3.8) is 0 Å². The molecule has 0 radical (unpaired) electrons. The van der Waals surface area contributed by atoms with Crippen LogP contribution in [0.5, 0.6) is 0 Å². The van der Waals surface area contributed by atoms with Crippen molar-refractivity contribution in [2.45, 2.75) is 123 Å². The molecule has 44 heavy (non-hydrogen) atoms. The molecule has 1 amide bonds. The molecule has 6 atom stereocenters. The van der Waals surface area contributed by atoms with Gasteiger partial charge in [0.2, 0.25) is 5.91 Å². The number of rotatable bonds is 4. The van der Waals surface area contributed by atoms with Crippen LogP contribution in [0.3, 0.4) is 0 Å². The molecule has 2 bridgehead atoms. The van der Waals surface area contributed by atoms with Crippen molar-refractivity contribution < 1.29 is 29.0 Å². The number of Topliss-reactive ketones (excluding diaryl/α,β-unsaturated/α-hetero) is 1. The van der Waals surface area contributed by atoms with Crippen LogP contribution < -0.4 is 5.32 Å². The summed E-state index contributed by atoms with van der Waals surface area (Å²) in [6.07, 6.45) is 8.37. The quantitative estimate of drug-likeness (QED) is 0.378. The molecule has 3 fully saturated rings. The maximum absolute atomic E-state index is 14.7. The minimum absolute atomic E-state index is 0.00358. The molecule has 2 N–H and O–H groups in total. The van der Waals surface area contributed by atoms with Gasteiger partial charge in [-0.15, -0.1) is 0 Å². The summed E-state index contributed by atoms with van der Waals surface area (Å²) in [4.78, 5) is 42.0. The highest BCUT2D eigenvalue weighted by atomic mass is 16.8. The number of carbonyl (C=O) groups excluding carboxylic acids is 3. The predicted molar refractivity (Wildman–Crippen MR) is 169 cm³/mol. The van der Waals surface area contributed by atoms with E-state index in [0.717, 1.165) is 11.1 Å². The van der Waals surface area contributed by atoms with Gasteiger partial charge in [-0.25, -0.2) is 0 Å². The maximum Gasteiger partial charge on any atom is 0.231 e. The molecule has 2 saturated carbocycles. The second-order valence-corrected chi connectivity index (χ2v) is 15.3. The number of hydrogen-bond acceptors (Lipinski definition) is 6. The predicted octanol–water partition coefficient (Wildman–Crippen LogP) is 6.58. The molecule has 7 heteroatoms. The Morgan fingerprint density at radius 3 is 2.23 bits per heavy atom. The Labute approximate surface area is 261 Å². The lowest BCUT2D eigenvalue weighted by Crippen LogP contribution is -2.71. The standard InChI is InChI=1S/C37H47NO6/c1-21(2)9-11-23-17-26-27(18-24(23)12-10-22(3)4)38-32(41)35(8)25(19-28(26)39)13-14-36(42)30-20-29(40)31-33(5,6)44-37(30,43-31)16-15-34(35,36)7/h9-10,17-18,20,25,31,42H,11-16,19H2,1-8H3,(H,38,41)/t25-,31-,34+,35+,36+,37-/m0/s1. The Balaban J connectivity index is 1.44. The highest BCUT2D eigenvalue weighted by Gasteiger charge is 2.75. The summed E-state index contributed by atoms with van der Waals surface area (Å²) in [5.41, 5.74) is 1.63. The fourth-order valence-corrected chi connectivity index (χ4v) is 8.86. The lowest BCUT2D eigenvalue weighted by molar-refractivity contribution is -0.258. The van der Waals surface area contributed by atoms with Crippen LogP contribution in [0.15, 0.2) is 47.1 Å². The van der Waals surface area contributed by atoms with Gasteiger partial charge >= 0.3 is 0 Å². The van der Waals surface area contributed by atoms with E-state index < -0.39 is 33.9 Å². The van der Waals surface area contributed by atoms with E-state index in [2.05, 4.69) is 45.2 Å². The van der Waals surface area contributed by atoms with E-state index in [1.54, 1.807) is 0 Å². The van der Waals surface area contributed by atoms with Gasteiger partial charge in [-0.05, 0) is 116 Å². The van der Waals surface area contributed by atoms with Crippen LogP contribution in [0.2, 0.25) is 0 Å². The Bertz CT molecular complexity index is 1560. The zero-order valence-corrected chi connectivity index (χ0v) is 27.5. The lowest BCUT2D eigenvalue weighted by atomic mass is 9.41. The van der Waals surface area contributed by atoms with Crippen LogP contribution >= 0.6 is 0 Å². The zero-order valence-electron chi connectivity index (χ0n) is 27.5. The van der Waals surface area contributed by atoms with Crippen molar-refractivity contribution in [2.24, 2.45) is 16.7 Å². The summed E-state index contributed by atoms with van der Waals surface area (Å²) in [7, 11) is 0. The molecule has 0 unspecified atom stereocenters. The topological polar surface area (TPSA) is 102 Å². The largest absolute Gasteiger partial charge is 0.385 e. The average Bonchev–Trinajstić information content (AvgIpc) is 3.18. The third kappa shape index (κ3) is 4.29. The molecule has 5 aliphatic rings. The third-order valence-corrected chi connectivity index (χ3v) is 11.7. The van der Waals surface area contributed by atoms with E-state index in [0.29, 0.717) is 55.3 Å². The van der Waals surface area contributed by atoms with Crippen molar-refractivity contribution in [3.8, 4) is 0 Å². The number of amides is 1. The summed E-state index contributed by atoms with van der Waals surface area (Å²) in [6.45, 7) is 15.8. The molecule has 1 spiro atoms. The van der Waals surface area contributed by atoms with Crippen LogP contribution in [0, 0.1) is 16.7 Å². The molecular formula is C37H47NO6. The number of fused-ring (bicyclic) bond motifs is 6. The SMILES string of the molecule is CC(C)=CCc1cc2c(cc1CC=C(C)C)C(=O)C[C@@H]1CC[C@@]3(O)C4=CC(=O)[C@@H]5O[C@@]4(CC[C@]3(C)[C@@]1(C)C(=O)N2)OC5(C)C. The number of nitrogens with one attached hydrogen (secondary N) is 1. The molecule has 1 aromatic rings. The Hall–Kier alpha value is -2.87. The lowest BCUT2D eigenvalue weighted by Gasteiger charge is -2.66. The van der Waals surface area contributed by atoms with Crippen molar-refractivity contribution in [1.82, 2.24) is 0 Å². The first kappa shape index (κ1) is 31.1. The van der Waals surface area contributed by atoms with Crippen LogP contribution in [0.25, 0.3) is 0 Å². The van der Waals surface area contributed by atoms with Gasteiger partial charge in [0.25, 0.3) is 0 Å². The number of aliphatic hydroxyl groups is 1. The van der Waals surface area contributed by atoms with Gasteiger partial charge < -0.3 is 19.9 Å². The number of benzene rings is 1. The van der Waals surface area contributed by atoms with Crippen molar-refractivity contribution in [3.05, 3.63) is 63.8 Å². The van der Waals surface area contributed by atoms with E-state index in [1.165, 1.54) is 17.2 Å². The fourth-order valence-electron chi connectivity index (χ4n) is 8.86. The summed E-state index contributed by atoms with van der Waals surface area (Å²) < 4.78 is 12.8. The van der Waals surface area contributed by atoms with Gasteiger partial charge in [0.15, 0.2) is 23.5 Å². The van der Waals surface area contributed by atoms with Gasteiger partial charge in [0.05, 0.1) is 16.7 Å². The first-order valence-electron chi connectivity index (χ1n) is 16.1. The summed E-state index contributed by atoms with van der Waals surface area (Å²) >= 11 is 0. The number of ketones is 2. The minimum atomic E-state index is -1.53. The van der Waals surface area contributed by atoms with Gasteiger partial charge in [0, 0.05) is 29.4 Å². The molecule has 2 aliphatic carbocycles. The molecular weight excluding hydrogens is 554 g/mol. The average molecular weight is 602 g/mol. The highest BCUT2D eigenvalue weighted by molar-refractivity contribution is 6.08. The molecule has 7 nitrogen and oxygen atoms in total. The third-order valence-electron chi connectivity index (χ3n) is 11.7. The van der Waals surface area contributed by atoms with Gasteiger partial charge in [-0.1, -0.05) is 30.2 Å². The summed E-state index contributed by atoms with van der Waals surface area (Å²) in [5.74, 6) is -1.90. The molecule has 1 saturated heterocycles. The van der Waals surface area contributed by atoms with E-state index in [4.69, 9.17) is 9.47 Å². The van der Waals surface area contributed by atoms with Gasteiger partial charge in [0.1, 0.15) is 5.60 Å². The smallest absolute Gasteiger partial charge is 0.231 e. The summed E-state index contributed by atoms with van der Waals surface area (Å²) in [5, 5.41) is 15.9. The Morgan fingerprint density at radius 1 is 0.955 bits per heavy atom. The molecule has 1 aromatic carbocycles. The fraction of sp³-hybridized carbons (Fsp3) is 0.595. The first-order chi connectivity index (χ1) is 20.5. The molecule has 6 rings (SSSR count). The highest BCUT2D eigenvalue weighted by Crippen LogP contribution is 2.70. The molecule has 236 valence electrons. The molecule has 3 heterocycles. The normalized spacial score (nSPS) is 36.8. The summed E-state index contributed by atoms with van der Waals surface area (Å²) in [6, 6.07) is 3.95. The maximum atomic E-state index is 14.7. The first-order valence-corrected chi connectivity index (χ1v) is 16.1. The van der Waals surface area contributed by atoms with E-state index >= 15 is 0 Å². The van der Waals surface area contributed by atoms with E-state index in [-0.39, 0.29) is 29.8 Å². The van der Waals surface area contributed by atoms with Gasteiger partial charge in [-0.3, -0.25) is 14.4 Å². The van der Waals surface area contributed by atoms with Crippen LogP contribution in [-0.2, 0) is 31.9 Å². The number of allylic oxidation sites excluding steroid dienone is 4. The Kier molecular flexibility index (Phi) is 7.12. The van der Waals surface area contributed by atoms with Crippen LogP contribution in [-0.4, -0.2) is 45.7 Å². The molecule has 0 aromatic heterocycles. The number of anilines is 1. The number of carbonyl (C=O) groups is 3. The van der Waals surface area contributed by atoms with Gasteiger partial charge in [-0.2, -0.15) is 0 Å². The van der Waals surface area contributed by atoms with Crippen molar-refractivity contribution >= 4 is 23.2 Å². The van der Waals surface area contributed by atoms with Crippen LogP contribution in [0.4, 0.5) is 5.69 Å². The monoisotopic (exact) mass is 601 g/mol. The number of hydrogen-bond donors (Lipinski definition) is 2. The second kappa shape index (κ2) is 10.1. The Morgan fingerprint density at radius 2 is 1.59 bits per heavy atom. The number of ether oxygens (including phenoxy) is 2. The zero-order chi connectivity index (χ0) is 32.0. The van der Waals surface area contributed by atoms with Crippen molar-refractivity contribution in [2.75, 3.05) is 5.32 Å². The van der Waals surface area contributed by atoms with Crippen LogP contribution in [0.1, 0.15) is 109 Å².